The smallest absolute Gasteiger partial charge is 0.165 e. The third-order valence-corrected chi connectivity index (χ3v) is 10.9. The molecular formula is C48H31N5. The van der Waals surface area contributed by atoms with E-state index in [1.807, 2.05) is 18.2 Å². The SMILES string of the molecule is N#Cc1cccc(-c2cc(-n3c4c(c5ccccc53)C=CCC4)nc(-n3c4ccccc4c4ccccc43)c2-n2c3ccccc3c3ccccc32)c1. The molecule has 4 aromatic heterocycles. The normalized spacial score (nSPS) is 12.7. The average molecular weight is 678 g/mol. The lowest BCUT2D eigenvalue weighted by atomic mass is 10.0. The van der Waals surface area contributed by atoms with Crippen LogP contribution in [0.4, 0.5) is 0 Å². The van der Waals surface area contributed by atoms with Crippen LogP contribution in [-0.2, 0) is 6.42 Å². The first-order valence-electron chi connectivity index (χ1n) is 18.1. The summed E-state index contributed by atoms with van der Waals surface area (Å²) in [6, 6.07) is 55.9. The molecule has 0 bridgehead atoms. The number of para-hydroxylation sites is 5. The van der Waals surface area contributed by atoms with Crippen LogP contribution >= 0.6 is 0 Å². The summed E-state index contributed by atoms with van der Waals surface area (Å²) < 4.78 is 7.11. The molecular weight excluding hydrogens is 647 g/mol. The van der Waals surface area contributed by atoms with Crippen LogP contribution in [0.15, 0.2) is 158 Å². The Hall–Kier alpha value is -7.16. The molecule has 4 heterocycles. The molecule has 0 atom stereocenters. The van der Waals surface area contributed by atoms with Crippen molar-refractivity contribution in [3.8, 4) is 34.5 Å². The van der Waals surface area contributed by atoms with Crippen molar-refractivity contribution in [1.82, 2.24) is 18.7 Å². The van der Waals surface area contributed by atoms with E-state index in [1.54, 1.807) is 0 Å². The molecule has 0 amide bonds. The molecule has 53 heavy (non-hydrogen) atoms. The minimum atomic E-state index is 0.612. The van der Waals surface area contributed by atoms with Crippen LogP contribution in [-0.4, -0.2) is 18.7 Å². The monoisotopic (exact) mass is 677 g/mol. The number of benzene rings is 6. The van der Waals surface area contributed by atoms with E-state index in [0.717, 1.165) is 68.9 Å². The molecule has 0 radical (unpaired) electrons. The Morgan fingerprint density at radius 1 is 0.528 bits per heavy atom. The molecule has 0 saturated carbocycles. The second-order valence-electron chi connectivity index (χ2n) is 13.8. The number of hydrogen-bond donors (Lipinski definition) is 0. The van der Waals surface area contributed by atoms with E-state index in [2.05, 4.69) is 165 Å². The number of pyridine rings is 1. The molecule has 248 valence electrons. The van der Waals surface area contributed by atoms with E-state index in [1.165, 1.54) is 38.2 Å². The number of hydrogen-bond acceptors (Lipinski definition) is 2. The van der Waals surface area contributed by atoms with E-state index in [9.17, 15) is 5.26 Å². The van der Waals surface area contributed by atoms with Gasteiger partial charge in [0.05, 0.1) is 44.9 Å². The maximum atomic E-state index is 10.2. The number of nitrogens with zero attached hydrogens (tertiary/aromatic N) is 5. The van der Waals surface area contributed by atoms with Crippen molar-refractivity contribution >= 4 is 60.6 Å². The first-order chi connectivity index (χ1) is 26.3. The van der Waals surface area contributed by atoms with E-state index >= 15 is 0 Å². The van der Waals surface area contributed by atoms with Gasteiger partial charge in [-0.05, 0) is 66.9 Å². The minimum Gasteiger partial charge on any atom is -0.305 e. The van der Waals surface area contributed by atoms with Crippen LogP contribution in [0.25, 0.3) is 89.0 Å². The fourth-order valence-corrected chi connectivity index (χ4v) is 8.73. The Morgan fingerprint density at radius 3 is 1.64 bits per heavy atom. The predicted molar refractivity (Wildman–Crippen MR) is 217 cm³/mol. The fraction of sp³-hybridized carbons (Fsp3) is 0.0417. The Morgan fingerprint density at radius 2 is 1.06 bits per heavy atom. The summed E-state index contributed by atoms with van der Waals surface area (Å²) in [4.78, 5) is 5.83. The van der Waals surface area contributed by atoms with Gasteiger partial charge in [-0.3, -0.25) is 9.13 Å². The molecule has 0 N–H and O–H groups in total. The number of rotatable bonds is 4. The van der Waals surface area contributed by atoms with Gasteiger partial charge in [-0.15, -0.1) is 0 Å². The lowest BCUT2D eigenvalue weighted by molar-refractivity contribution is 0.864. The molecule has 1 aliphatic rings. The Kier molecular flexibility index (Phi) is 6.37. The molecule has 6 aromatic carbocycles. The maximum Gasteiger partial charge on any atom is 0.165 e. The Bertz CT molecular complexity index is 3090. The highest BCUT2D eigenvalue weighted by molar-refractivity contribution is 6.12. The van der Waals surface area contributed by atoms with Crippen molar-refractivity contribution in [2.45, 2.75) is 12.8 Å². The summed E-state index contributed by atoms with van der Waals surface area (Å²) in [5, 5.41) is 16.1. The fourth-order valence-electron chi connectivity index (χ4n) is 8.73. The van der Waals surface area contributed by atoms with Crippen molar-refractivity contribution in [2.75, 3.05) is 0 Å². The predicted octanol–water partition coefficient (Wildman–Crippen LogP) is 11.7. The van der Waals surface area contributed by atoms with E-state index in [-0.39, 0.29) is 0 Å². The molecule has 11 rings (SSSR count). The van der Waals surface area contributed by atoms with Gasteiger partial charge >= 0.3 is 0 Å². The molecule has 0 saturated heterocycles. The van der Waals surface area contributed by atoms with Crippen LogP contribution in [0.5, 0.6) is 0 Å². The summed E-state index contributed by atoms with van der Waals surface area (Å²) in [7, 11) is 0. The van der Waals surface area contributed by atoms with Gasteiger partial charge in [0.15, 0.2) is 5.82 Å². The van der Waals surface area contributed by atoms with Crippen LogP contribution in [0.2, 0.25) is 0 Å². The molecule has 0 aliphatic heterocycles. The number of nitriles is 1. The highest BCUT2D eigenvalue weighted by Gasteiger charge is 2.27. The van der Waals surface area contributed by atoms with Crippen LogP contribution < -0.4 is 0 Å². The zero-order chi connectivity index (χ0) is 35.0. The van der Waals surface area contributed by atoms with Crippen LogP contribution in [0, 0.1) is 11.3 Å². The number of fused-ring (bicyclic) bond motifs is 9. The Balaban J connectivity index is 1.39. The van der Waals surface area contributed by atoms with Crippen molar-refractivity contribution in [1.29, 1.82) is 5.26 Å². The molecule has 0 unspecified atom stereocenters. The summed E-state index contributed by atoms with van der Waals surface area (Å²) in [5.41, 5.74) is 11.5. The van der Waals surface area contributed by atoms with Crippen molar-refractivity contribution in [3.05, 3.63) is 175 Å². The zero-order valence-corrected chi connectivity index (χ0v) is 28.7. The van der Waals surface area contributed by atoms with Crippen molar-refractivity contribution < 1.29 is 0 Å². The second kappa shape index (κ2) is 11.4. The van der Waals surface area contributed by atoms with Gasteiger partial charge in [0, 0.05) is 43.8 Å². The topological polar surface area (TPSA) is 51.5 Å². The molecule has 5 heteroatoms. The third-order valence-electron chi connectivity index (χ3n) is 10.9. The quantitative estimate of drug-likeness (QED) is 0.186. The molecule has 0 fully saturated rings. The lowest BCUT2D eigenvalue weighted by Crippen LogP contribution is -2.12. The number of aromatic nitrogens is 4. The highest BCUT2D eigenvalue weighted by Crippen LogP contribution is 2.43. The summed E-state index contributed by atoms with van der Waals surface area (Å²) in [6.45, 7) is 0. The third kappa shape index (κ3) is 4.27. The van der Waals surface area contributed by atoms with Gasteiger partial charge in [0.25, 0.3) is 0 Å². The van der Waals surface area contributed by atoms with Gasteiger partial charge in [-0.25, -0.2) is 4.98 Å². The maximum absolute atomic E-state index is 10.2. The zero-order valence-electron chi connectivity index (χ0n) is 28.7. The standard InChI is InChI=1S/C48H31N5/c49-30-31-14-13-15-32(28-31)39-29-46(51-40-22-7-1-16-33(40)34-17-2-8-23-41(34)51)50-48(53-44-26-11-5-20-37(44)38-21-6-12-27-45(38)53)47(39)52-42-24-9-3-18-35(42)36-19-4-10-25-43(36)52/h1-7,9-22,24-29H,8,23H2. The summed E-state index contributed by atoms with van der Waals surface area (Å²) in [5.74, 6) is 1.66. The lowest BCUT2D eigenvalue weighted by Gasteiger charge is -2.22. The van der Waals surface area contributed by atoms with Gasteiger partial charge in [0.1, 0.15) is 5.82 Å². The second-order valence-corrected chi connectivity index (χ2v) is 13.8. The molecule has 0 spiro atoms. The van der Waals surface area contributed by atoms with Crippen LogP contribution in [0.1, 0.15) is 23.2 Å². The van der Waals surface area contributed by atoms with Gasteiger partial charge in [-0.2, -0.15) is 5.26 Å². The molecule has 10 aromatic rings. The van der Waals surface area contributed by atoms with Crippen molar-refractivity contribution in [2.24, 2.45) is 0 Å². The first-order valence-corrected chi connectivity index (χ1v) is 18.1. The number of allylic oxidation sites excluding steroid dienone is 1. The van der Waals surface area contributed by atoms with E-state index in [0.29, 0.717) is 5.56 Å². The van der Waals surface area contributed by atoms with Crippen molar-refractivity contribution in [3.63, 3.8) is 0 Å². The van der Waals surface area contributed by atoms with Gasteiger partial charge in [0.2, 0.25) is 0 Å². The van der Waals surface area contributed by atoms with E-state index in [4.69, 9.17) is 4.98 Å². The average Bonchev–Trinajstić information content (AvgIpc) is 3.86. The summed E-state index contributed by atoms with van der Waals surface area (Å²) in [6.07, 6.45) is 6.44. The molecule has 1 aliphatic carbocycles. The van der Waals surface area contributed by atoms with Crippen LogP contribution in [0.3, 0.4) is 0 Å². The van der Waals surface area contributed by atoms with Gasteiger partial charge < -0.3 is 4.57 Å². The minimum absolute atomic E-state index is 0.612. The first kappa shape index (κ1) is 29.6. The summed E-state index contributed by atoms with van der Waals surface area (Å²) >= 11 is 0. The highest BCUT2D eigenvalue weighted by atomic mass is 15.2. The van der Waals surface area contributed by atoms with E-state index < -0.39 is 0 Å². The Labute approximate surface area is 305 Å². The van der Waals surface area contributed by atoms with Gasteiger partial charge in [-0.1, -0.05) is 115 Å². The largest absolute Gasteiger partial charge is 0.305 e. The molecule has 5 nitrogen and oxygen atoms in total.